The lowest BCUT2D eigenvalue weighted by Gasteiger charge is -2.19. The molecule has 19 heavy (non-hydrogen) atoms. The van der Waals surface area contributed by atoms with Crippen molar-refractivity contribution in [1.29, 1.82) is 0 Å². The van der Waals surface area contributed by atoms with E-state index in [4.69, 9.17) is 16.2 Å². The number of carbonyl (C=O) groups excluding carboxylic acids is 1. The van der Waals surface area contributed by atoms with Gasteiger partial charge in [-0.3, -0.25) is 0 Å². The van der Waals surface area contributed by atoms with Crippen LogP contribution in [0.2, 0.25) is 0 Å². The molecule has 5 N–H and O–H groups in total. The standard InChI is InChI=1S/C14H23N3O2/c1-14(2,3)19-13(18)17-8-4-5-10-9-11(15)6-7-12(10)16/h6-7,9H,4-5,8,15-16H2,1-3H3,(H,17,18). The predicted molar refractivity (Wildman–Crippen MR) is 77.8 cm³/mol. The second-order valence-electron chi connectivity index (χ2n) is 5.49. The van der Waals surface area contributed by atoms with Crippen molar-refractivity contribution in [3.05, 3.63) is 23.8 Å². The van der Waals surface area contributed by atoms with Crippen molar-refractivity contribution >= 4 is 17.5 Å². The van der Waals surface area contributed by atoms with Crippen LogP contribution in [0.1, 0.15) is 32.8 Å². The minimum absolute atomic E-state index is 0.395. The number of benzene rings is 1. The fraction of sp³-hybridized carbons (Fsp3) is 0.500. The van der Waals surface area contributed by atoms with E-state index in [9.17, 15) is 4.79 Å². The molecule has 0 aromatic heterocycles. The lowest BCUT2D eigenvalue weighted by atomic mass is 10.1. The quantitative estimate of drug-likeness (QED) is 0.575. The van der Waals surface area contributed by atoms with E-state index in [1.165, 1.54) is 0 Å². The van der Waals surface area contributed by atoms with Gasteiger partial charge < -0.3 is 21.5 Å². The van der Waals surface area contributed by atoms with Crippen LogP contribution in [0.25, 0.3) is 0 Å². The number of anilines is 2. The number of nitrogens with two attached hydrogens (primary N) is 2. The van der Waals surface area contributed by atoms with E-state index < -0.39 is 11.7 Å². The summed E-state index contributed by atoms with van der Waals surface area (Å²) in [6, 6.07) is 5.44. The van der Waals surface area contributed by atoms with Crippen LogP contribution in [0, 0.1) is 0 Å². The second-order valence-corrected chi connectivity index (χ2v) is 5.49. The smallest absolute Gasteiger partial charge is 0.407 e. The van der Waals surface area contributed by atoms with Crippen molar-refractivity contribution < 1.29 is 9.53 Å². The third-order valence-electron chi connectivity index (χ3n) is 2.46. The minimum atomic E-state index is -0.470. The molecule has 0 spiro atoms. The van der Waals surface area contributed by atoms with Gasteiger partial charge in [0.05, 0.1) is 0 Å². The molecule has 0 radical (unpaired) electrons. The highest BCUT2D eigenvalue weighted by atomic mass is 16.6. The average molecular weight is 265 g/mol. The lowest BCUT2D eigenvalue weighted by molar-refractivity contribution is 0.0527. The fourth-order valence-corrected chi connectivity index (χ4v) is 1.63. The maximum Gasteiger partial charge on any atom is 0.407 e. The maximum atomic E-state index is 11.4. The first-order chi connectivity index (χ1) is 8.78. The van der Waals surface area contributed by atoms with E-state index in [-0.39, 0.29) is 0 Å². The van der Waals surface area contributed by atoms with Crippen LogP contribution in [0.15, 0.2) is 18.2 Å². The summed E-state index contributed by atoms with van der Waals surface area (Å²) in [5.41, 5.74) is 13.5. The Kier molecular flexibility index (Phi) is 5.03. The van der Waals surface area contributed by atoms with Gasteiger partial charge in [-0.05, 0) is 57.4 Å². The van der Waals surface area contributed by atoms with Gasteiger partial charge in [-0.1, -0.05) is 0 Å². The molecule has 5 nitrogen and oxygen atoms in total. The van der Waals surface area contributed by atoms with E-state index in [1.54, 1.807) is 12.1 Å². The van der Waals surface area contributed by atoms with Crippen LogP contribution in [-0.2, 0) is 11.2 Å². The minimum Gasteiger partial charge on any atom is -0.444 e. The summed E-state index contributed by atoms with van der Waals surface area (Å²) < 4.78 is 5.14. The van der Waals surface area contributed by atoms with Crippen LogP contribution in [-0.4, -0.2) is 18.2 Å². The monoisotopic (exact) mass is 265 g/mol. The summed E-state index contributed by atoms with van der Waals surface area (Å²) in [6.07, 6.45) is 1.16. The number of amides is 1. The van der Waals surface area contributed by atoms with Crippen LogP contribution < -0.4 is 16.8 Å². The molecule has 0 aliphatic carbocycles. The van der Waals surface area contributed by atoms with Gasteiger partial charge in [0, 0.05) is 17.9 Å². The molecule has 1 rings (SSSR count). The zero-order valence-corrected chi connectivity index (χ0v) is 11.8. The summed E-state index contributed by atoms with van der Waals surface area (Å²) in [5.74, 6) is 0. The topological polar surface area (TPSA) is 90.4 Å². The molecule has 0 heterocycles. The summed E-state index contributed by atoms with van der Waals surface area (Å²) in [4.78, 5) is 11.4. The molecule has 0 saturated carbocycles. The number of nitrogen functional groups attached to an aromatic ring is 2. The lowest BCUT2D eigenvalue weighted by Crippen LogP contribution is -2.33. The largest absolute Gasteiger partial charge is 0.444 e. The van der Waals surface area contributed by atoms with Crippen LogP contribution >= 0.6 is 0 Å². The fourth-order valence-electron chi connectivity index (χ4n) is 1.63. The van der Waals surface area contributed by atoms with E-state index in [0.717, 1.165) is 24.1 Å². The summed E-state index contributed by atoms with van der Waals surface area (Å²) in [7, 11) is 0. The van der Waals surface area contributed by atoms with Gasteiger partial charge in [0.25, 0.3) is 0 Å². The third-order valence-corrected chi connectivity index (χ3v) is 2.46. The predicted octanol–water partition coefficient (Wildman–Crippen LogP) is 2.31. The molecule has 1 aromatic carbocycles. The molecule has 0 unspecified atom stereocenters. The number of rotatable bonds is 4. The van der Waals surface area contributed by atoms with Gasteiger partial charge in [-0.25, -0.2) is 4.79 Å². The molecular formula is C14H23N3O2. The Morgan fingerprint density at radius 1 is 1.32 bits per heavy atom. The van der Waals surface area contributed by atoms with Crippen molar-refractivity contribution in [3.8, 4) is 0 Å². The van der Waals surface area contributed by atoms with Crippen molar-refractivity contribution in [2.45, 2.75) is 39.2 Å². The molecule has 0 fully saturated rings. The molecule has 0 aliphatic heterocycles. The molecule has 0 bridgehead atoms. The van der Waals surface area contributed by atoms with Gasteiger partial charge >= 0.3 is 6.09 Å². The third kappa shape index (κ3) is 5.99. The van der Waals surface area contributed by atoms with E-state index in [1.807, 2.05) is 26.8 Å². The van der Waals surface area contributed by atoms with Crippen molar-refractivity contribution in [2.24, 2.45) is 0 Å². The van der Waals surface area contributed by atoms with E-state index in [2.05, 4.69) is 5.32 Å². The SMILES string of the molecule is CC(C)(C)OC(=O)NCCCc1cc(N)ccc1N. The highest BCUT2D eigenvalue weighted by Crippen LogP contribution is 2.17. The highest BCUT2D eigenvalue weighted by Gasteiger charge is 2.15. The molecule has 106 valence electrons. The Labute approximate surface area is 114 Å². The van der Waals surface area contributed by atoms with Gasteiger partial charge in [0.15, 0.2) is 0 Å². The molecule has 1 aromatic rings. The van der Waals surface area contributed by atoms with Crippen LogP contribution in [0.3, 0.4) is 0 Å². The molecule has 0 saturated heterocycles. The van der Waals surface area contributed by atoms with Crippen molar-refractivity contribution in [1.82, 2.24) is 5.32 Å². The zero-order chi connectivity index (χ0) is 14.5. The van der Waals surface area contributed by atoms with Gasteiger partial charge in [-0.15, -0.1) is 0 Å². The van der Waals surface area contributed by atoms with Gasteiger partial charge in [-0.2, -0.15) is 0 Å². The highest BCUT2D eigenvalue weighted by molar-refractivity contribution is 5.67. The van der Waals surface area contributed by atoms with Gasteiger partial charge in [0.2, 0.25) is 0 Å². The summed E-state index contributed by atoms with van der Waals surface area (Å²) >= 11 is 0. The Bertz CT molecular complexity index is 439. The zero-order valence-electron chi connectivity index (χ0n) is 11.8. The van der Waals surface area contributed by atoms with Crippen LogP contribution in [0.4, 0.5) is 16.2 Å². The van der Waals surface area contributed by atoms with E-state index in [0.29, 0.717) is 12.2 Å². The average Bonchev–Trinajstić information content (AvgIpc) is 2.26. The van der Waals surface area contributed by atoms with Gasteiger partial charge in [0.1, 0.15) is 5.60 Å². The number of alkyl carbamates (subject to hydrolysis) is 1. The first kappa shape index (κ1) is 15.1. The molecule has 0 atom stereocenters. The first-order valence-corrected chi connectivity index (χ1v) is 6.38. The molecular weight excluding hydrogens is 242 g/mol. The molecule has 0 aliphatic rings. The summed E-state index contributed by atoms with van der Waals surface area (Å²) in [5, 5.41) is 2.71. The maximum absolute atomic E-state index is 11.4. The Morgan fingerprint density at radius 2 is 2.00 bits per heavy atom. The molecule has 1 amide bonds. The Morgan fingerprint density at radius 3 is 2.63 bits per heavy atom. The number of nitrogens with one attached hydrogen (secondary N) is 1. The number of ether oxygens (including phenoxy) is 1. The second kappa shape index (κ2) is 6.31. The van der Waals surface area contributed by atoms with Crippen molar-refractivity contribution in [3.63, 3.8) is 0 Å². The van der Waals surface area contributed by atoms with Crippen LogP contribution in [0.5, 0.6) is 0 Å². The Balaban J connectivity index is 2.31. The number of carbonyl (C=O) groups is 1. The molecule has 5 heteroatoms. The number of aryl methyl sites for hydroxylation is 1. The number of hydrogen-bond donors (Lipinski definition) is 3. The summed E-state index contributed by atoms with van der Waals surface area (Å²) in [6.45, 7) is 6.04. The first-order valence-electron chi connectivity index (χ1n) is 6.38. The Hall–Kier alpha value is -1.91. The normalized spacial score (nSPS) is 11.1. The number of hydrogen-bond acceptors (Lipinski definition) is 4. The van der Waals surface area contributed by atoms with E-state index >= 15 is 0 Å². The van der Waals surface area contributed by atoms with Crippen molar-refractivity contribution in [2.75, 3.05) is 18.0 Å².